The average molecular weight is 415 g/mol. The summed E-state index contributed by atoms with van der Waals surface area (Å²) in [7, 11) is 0. The van der Waals surface area contributed by atoms with Gasteiger partial charge in [-0.15, -0.1) is 0 Å². The first-order chi connectivity index (χ1) is 14.5. The van der Waals surface area contributed by atoms with E-state index < -0.39 is 11.6 Å². The summed E-state index contributed by atoms with van der Waals surface area (Å²) < 4.78 is 11.2. The fraction of sp³-hybridized carbons (Fsp3) is 0.591. The van der Waals surface area contributed by atoms with Crippen LogP contribution in [0, 0.1) is 0 Å². The molecule has 1 aliphatic carbocycles. The molecule has 0 radical (unpaired) electrons. The lowest BCUT2D eigenvalue weighted by atomic mass is 9.90. The number of fused-ring (bicyclic) bond motifs is 1. The highest BCUT2D eigenvalue weighted by Crippen LogP contribution is 2.33. The molecule has 1 aromatic carbocycles. The van der Waals surface area contributed by atoms with Crippen molar-refractivity contribution >= 4 is 17.8 Å². The van der Waals surface area contributed by atoms with Crippen LogP contribution in [0.25, 0.3) is 0 Å². The first kappa shape index (κ1) is 20.5. The minimum absolute atomic E-state index is 0.231. The Morgan fingerprint density at radius 3 is 2.50 bits per heavy atom. The maximum absolute atomic E-state index is 13.1. The SMILES string of the molecule is CCN(Cc1ccc2c(c1)OCCO2)C(=O)CN1C(=O)NC2(CCCCCC2)C1=O. The molecule has 30 heavy (non-hydrogen) atoms. The minimum Gasteiger partial charge on any atom is -0.486 e. The number of rotatable bonds is 5. The van der Waals surface area contributed by atoms with Gasteiger partial charge in [-0.1, -0.05) is 31.7 Å². The molecule has 1 aromatic rings. The summed E-state index contributed by atoms with van der Waals surface area (Å²) >= 11 is 0. The molecule has 4 amide bonds. The van der Waals surface area contributed by atoms with Crippen LogP contribution < -0.4 is 14.8 Å². The summed E-state index contributed by atoms with van der Waals surface area (Å²) in [6, 6.07) is 5.16. The Bertz CT molecular complexity index is 832. The highest BCUT2D eigenvalue weighted by atomic mass is 16.6. The Labute approximate surface area is 176 Å². The summed E-state index contributed by atoms with van der Waals surface area (Å²) in [5.41, 5.74) is 0.0904. The van der Waals surface area contributed by atoms with E-state index in [1.807, 2.05) is 25.1 Å². The molecule has 0 aromatic heterocycles. The number of ether oxygens (including phenoxy) is 2. The third kappa shape index (κ3) is 3.95. The fourth-order valence-electron chi connectivity index (χ4n) is 4.51. The van der Waals surface area contributed by atoms with Crippen molar-refractivity contribution in [3.05, 3.63) is 23.8 Å². The van der Waals surface area contributed by atoms with Gasteiger partial charge in [-0.05, 0) is 37.5 Å². The van der Waals surface area contributed by atoms with Gasteiger partial charge in [0, 0.05) is 13.1 Å². The molecule has 1 N–H and O–H groups in total. The maximum atomic E-state index is 13.1. The Kier molecular flexibility index (Phi) is 5.83. The van der Waals surface area contributed by atoms with Gasteiger partial charge in [0.2, 0.25) is 5.91 Å². The number of hydrogen-bond acceptors (Lipinski definition) is 5. The van der Waals surface area contributed by atoms with Crippen LogP contribution in [0.3, 0.4) is 0 Å². The first-order valence-electron chi connectivity index (χ1n) is 10.8. The molecular formula is C22H29N3O5. The van der Waals surface area contributed by atoms with Crippen LogP contribution in [-0.4, -0.2) is 59.5 Å². The number of nitrogens with one attached hydrogen (secondary N) is 1. The van der Waals surface area contributed by atoms with Gasteiger partial charge >= 0.3 is 6.03 Å². The second-order valence-electron chi connectivity index (χ2n) is 8.20. The Morgan fingerprint density at radius 2 is 1.80 bits per heavy atom. The smallest absolute Gasteiger partial charge is 0.325 e. The number of hydrogen-bond donors (Lipinski definition) is 1. The van der Waals surface area contributed by atoms with Crippen LogP contribution in [0.15, 0.2) is 18.2 Å². The number of urea groups is 1. The van der Waals surface area contributed by atoms with Gasteiger partial charge in [0.15, 0.2) is 11.5 Å². The third-order valence-electron chi connectivity index (χ3n) is 6.21. The molecule has 2 heterocycles. The lowest BCUT2D eigenvalue weighted by Gasteiger charge is -2.26. The molecule has 1 spiro atoms. The van der Waals surface area contributed by atoms with Gasteiger partial charge in [-0.2, -0.15) is 0 Å². The van der Waals surface area contributed by atoms with Crippen molar-refractivity contribution in [2.75, 3.05) is 26.3 Å². The summed E-state index contributed by atoms with van der Waals surface area (Å²) in [5.74, 6) is 0.874. The van der Waals surface area contributed by atoms with Crippen molar-refractivity contribution in [3.63, 3.8) is 0 Å². The number of carbonyl (C=O) groups is 3. The minimum atomic E-state index is -0.819. The Balaban J connectivity index is 1.43. The van der Waals surface area contributed by atoms with E-state index in [1.165, 1.54) is 0 Å². The molecular weight excluding hydrogens is 386 g/mol. The van der Waals surface area contributed by atoms with Gasteiger partial charge < -0.3 is 19.7 Å². The predicted octanol–water partition coefficient (Wildman–Crippen LogP) is 2.45. The second kappa shape index (κ2) is 8.53. The number of amides is 4. The highest BCUT2D eigenvalue weighted by Gasteiger charge is 2.51. The zero-order valence-corrected chi connectivity index (χ0v) is 17.4. The van der Waals surface area contributed by atoms with E-state index >= 15 is 0 Å². The molecule has 162 valence electrons. The zero-order valence-electron chi connectivity index (χ0n) is 17.4. The van der Waals surface area contributed by atoms with Gasteiger partial charge in [0.1, 0.15) is 25.3 Å². The van der Waals surface area contributed by atoms with E-state index in [9.17, 15) is 14.4 Å². The zero-order chi connectivity index (χ0) is 21.1. The van der Waals surface area contributed by atoms with E-state index in [0.29, 0.717) is 50.6 Å². The molecule has 3 aliphatic rings. The highest BCUT2D eigenvalue weighted by molar-refractivity contribution is 6.09. The van der Waals surface area contributed by atoms with Gasteiger partial charge in [0.25, 0.3) is 5.91 Å². The fourth-order valence-corrected chi connectivity index (χ4v) is 4.51. The molecule has 1 saturated carbocycles. The summed E-state index contributed by atoms with van der Waals surface area (Å²) in [6.45, 7) is 3.53. The molecule has 1 saturated heterocycles. The molecule has 8 heteroatoms. The molecule has 4 rings (SSSR count). The van der Waals surface area contributed by atoms with Crippen LogP contribution in [0.4, 0.5) is 4.79 Å². The molecule has 0 unspecified atom stereocenters. The van der Waals surface area contributed by atoms with Crippen molar-refractivity contribution in [2.24, 2.45) is 0 Å². The molecule has 2 fully saturated rings. The maximum Gasteiger partial charge on any atom is 0.325 e. The molecule has 2 aliphatic heterocycles. The van der Waals surface area contributed by atoms with E-state index in [2.05, 4.69) is 5.32 Å². The second-order valence-corrected chi connectivity index (χ2v) is 8.20. The monoisotopic (exact) mass is 415 g/mol. The normalized spacial score (nSPS) is 20.1. The van der Waals surface area contributed by atoms with Gasteiger partial charge in [-0.25, -0.2) is 4.79 Å². The average Bonchev–Trinajstić information content (AvgIpc) is 2.92. The first-order valence-corrected chi connectivity index (χ1v) is 10.8. The quantitative estimate of drug-likeness (QED) is 0.747. The van der Waals surface area contributed by atoms with Crippen LogP contribution in [0.5, 0.6) is 11.5 Å². The topological polar surface area (TPSA) is 88.2 Å². The number of imide groups is 1. The standard InChI is InChI=1S/C22H29N3O5/c1-2-24(14-16-7-8-17-18(13-16)30-12-11-29-17)19(26)15-25-20(27)22(23-21(25)28)9-5-3-4-6-10-22/h7-8,13H,2-6,9-12,14-15H2,1H3,(H,23,28). The van der Waals surface area contributed by atoms with Gasteiger partial charge in [0.05, 0.1) is 0 Å². The largest absolute Gasteiger partial charge is 0.486 e. The lowest BCUT2D eigenvalue weighted by molar-refractivity contribution is -0.139. The Hall–Kier alpha value is -2.77. The molecule has 0 bridgehead atoms. The summed E-state index contributed by atoms with van der Waals surface area (Å²) in [5, 5.41) is 2.89. The van der Waals surface area contributed by atoms with Crippen LogP contribution >= 0.6 is 0 Å². The van der Waals surface area contributed by atoms with E-state index in [-0.39, 0.29) is 18.4 Å². The number of likely N-dealkylation sites (N-methyl/N-ethyl adjacent to an activating group) is 1. The van der Waals surface area contributed by atoms with Crippen LogP contribution in [-0.2, 0) is 16.1 Å². The Morgan fingerprint density at radius 1 is 1.10 bits per heavy atom. The molecule has 8 nitrogen and oxygen atoms in total. The molecule has 0 atom stereocenters. The van der Waals surface area contributed by atoms with Crippen molar-refractivity contribution < 1.29 is 23.9 Å². The number of benzene rings is 1. The summed E-state index contributed by atoms with van der Waals surface area (Å²) in [4.78, 5) is 41.3. The van der Waals surface area contributed by atoms with Crippen molar-refractivity contribution in [1.29, 1.82) is 0 Å². The van der Waals surface area contributed by atoms with Crippen LogP contribution in [0.1, 0.15) is 51.0 Å². The van der Waals surface area contributed by atoms with Crippen molar-refractivity contribution in [2.45, 2.75) is 57.5 Å². The lowest BCUT2D eigenvalue weighted by Crippen LogP contribution is -2.47. The third-order valence-corrected chi connectivity index (χ3v) is 6.21. The number of carbonyl (C=O) groups excluding carboxylic acids is 3. The van der Waals surface area contributed by atoms with Crippen LogP contribution in [0.2, 0.25) is 0 Å². The summed E-state index contributed by atoms with van der Waals surface area (Å²) in [6.07, 6.45) is 5.28. The van der Waals surface area contributed by atoms with E-state index in [1.54, 1.807) is 4.90 Å². The van der Waals surface area contributed by atoms with Gasteiger partial charge in [-0.3, -0.25) is 14.5 Å². The van der Waals surface area contributed by atoms with E-state index in [0.717, 1.165) is 36.1 Å². The van der Waals surface area contributed by atoms with E-state index in [4.69, 9.17) is 9.47 Å². The predicted molar refractivity (Wildman–Crippen MR) is 109 cm³/mol. The number of nitrogens with zero attached hydrogens (tertiary/aromatic N) is 2. The van der Waals surface area contributed by atoms with Crippen molar-refractivity contribution in [3.8, 4) is 11.5 Å². The van der Waals surface area contributed by atoms with Crippen molar-refractivity contribution in [1.82, 2.24) is 15.1 Å².